The van der Waals surface area contributed by atoms with Crippen molar-refractivity contribution in [2.45, 2.75) is 6.10 Å². The molecule has 0 spiro atoms. The van der Waals surface area contributed by atoms with Crippen LogP contribution in [0.1, 0.15) is 17.2 Å². The van der Waals surface area contributed by atoms with Crippen molar-refractivity contribution < 1.29 is 9.66 Å². The van der Waals surface area contributed by atoms with E-state index in [1.165, 1.54) is 6.20 Å². The van der Waals surface area contributed by atoms with E-state index in [0.717, 1.165) is 11.1 Å². The monoisotopic (exact) mass is 306 g/mol. The number of aromatic nitrogens is 1. The fraction of sp³-hybridized carbons (Fsp3) is 0.0556. The van der Waals surface area contributed by atoms with Crippen LogP contribution < -0.4 is 4.74 Å². The molecule has 114 valence electrons. The van der Waals surface area contributed by atoms with Gasteiger partial charge in [0.2, 0.25) is 5.75 Å². The van der Waals surface area contributed by atoms with Crippen LogP contribution in [0.3, 0.4) is 0 Å². The van der Waals surface area contributed by atoms with Gasteiger partial charge in [0.15, 0.2) is 0 Å². The third-order valence-electron chi connectivity index (χ3n) is 3.37. The van der Waals surface area contributed by atoms with Gasteiger partial charge in [0.1, 0.15) is 12.3 Å². The van der Waals surface area contributed by atoms with E-state index in [4.69, 9.17) is 4.74 Å². The van der Waals surface area contributed by atoms with Gasteiger partial charge in [0.05, 0.1) is 0 Å². The normalized spacial score (nSPS) is 10.5. The van der Waals surface area contributed by atoms with Gasteiger partial charge < -0.3 is 14.9 Å². The minimum Gasteiger partial charge on any atom is -0.473 e. The van der Waals surface area contributed by atoms with Gasteiger partial charge >= 0.3 is 5.82 Å². The summed E-state index contributed by atoms with van der Waals surface area (Å²) in [5.41, 5.74) is 1.83. The third kappa shape index (κ3) is 3.35. The summed E-state index contributed by atoms with van der Waals surface area (Å²) in [6.45, 7) is 0. The molecule has 0 radical (unpaired) electrons. The first-order chi connectivity index (χ1) is 11.3. The van der Waals surface area contributed by atoms with Crippen molar-refractivity contribution in [2.75, 3.05) is 0 Å². The van der Waals surface area contributed by atoms with E-state index in [1.807, 2.05) is 60.7 Å². The highest BCUT2D eigenvalue weighted by molar-refractivity contribution is 5.41. The lowest BCUT2D eigenvalue weighted by molar-refractivity contribution is -0.390. The average Bonchev–Trinajstić information content (AvgIpc) is 2.61. The maximum atomic E-state index is 11.1. The summed E-state index contributed by atoms with van der Waals surface area (Å²) in [4.78, 5) is 14.4. The lowest BCUT2D eigenvalue weighted by Gasteiger charge is -2.19. The Morgan fingerprint density at radius 2 is 1.43 bits per heavy atom. The number of hydrogen-bond acceptors (Lipinski definition) is 4. The molecule has 0 fully saturated rings. The second kappa shape index (κ2) is 6.70. The molecule has 0 saturated heterocycles. The molecule has 3 rings (SSSR count). The lowest BCUT2D eigenvalue weighted by atomic mass is 10.0. The van der Waals surface area contributed by atoms with Crippen LogP contribution in [-0.2, 0) is 0 Å². The predicted molar refractivity (Wildman–Crippen MR) is 86.2 cm³/mol. The van der Waals surface area contributed by atoms with Crippen molar-refractivity contribution in [3.8, 4) is 5.75 Å². The van der Waals surface area contributed by atoms with Gasteiger partial charge in [-0.15, -0.1) is 0 Å². The molecule has 3 aromatic rings. The Bertz CT molecular complexity index is 752. The number of nitrogens with zero attached hydrogens (tertiary/aromatic N) is 2. The quantitative estimate of drug-likeness (QED) is 0.524. The standard InChI is InChI=1S/C18H14N2O3/c21-20(22)18-16(12-7-13-19-18)23-17(14-8-3-1-4-9-14)15-10-5-2-6-11-15/h1-13,17H. The van der Waals surface area contributed by atoms with Crippen LogP contribution in [-0.4, -0.2) is 9.91 Å². The topological polar surface area (TPSA) is 65.3 Å². The summed E-state index contributed by atoms with van der Waals surface area (Å²) in [6, 6.07) is 22.4. The molecule has 1 aromatic heterocycles. The number of nitro groups is 1. The zero-order valence-electron chi connectivity index (χ0n) is 12.2. The third-order valence-corrected chi connectivity index (χ3v) is 3.37. The molecule has 5 heteroatoms. The number of hydrogen-bond donors (Lipinski definition) is 0. The zero-order valence-corrected chi connectivity index (χ0v) is 12.2. The predicted octanol–water partition coefficient (Wildman–Crippen LogP) is 4.16. The first-order valence-corrected chi connectivity index (χ1v) is 7.11. The lowest BCUT2D eigenvalue weighted by Crippen LogP contribution is -2.10. The molecule has 5 nitrogen and oxygen atoms in total. The molecule has 0 aliphatic rings. The van der Waals surface area contributed by atoms with Crippen LogP contribution in [0.25, 0.3) is 0 Å². The number of ether oxygens (including phenoxy) is 1. The van der Waals surface area contributed by atoms with Gasteiger partial charge in [-0.25, -0.2) is 0 Å². The molecule has 0 atom stereocenters. The van der Waals surface area contributed by atoms with Crippen LogP contribution in [0.4, 0.5) is 5.82 Å². The number of rotatable bonds is 5. The van der Waals surface area contributed by atoms with Crippen LogP contribution >= 0.6 is 0 Å². The molecule has 0 saturated carbocycles. The molecular formula is C18H14N2O3. The molecule has 2 aromatic carbocycles. The number of pyridine rings is 1. The largest absolute Gasteiger partial charge is 0.473 e. The Labute approximate surface area is 133 Å². The van der Waals surface area contributed by atoms with Gasteiger partial charge in [-0.3, -0.25) is 0 Å². The molecule has 0 aliphatic carbocycles. The van der Waals surface area contributed by atoms with Crippen LogP contribution in [0.2, 0.25) is 0 Å². The van der Waals surface area contributed by atoms with Crippen molar-refractivity contribution in [1.29, 1.82) is 0 Å². The van der Waals surface area contributed by atoms with Crippen molar-refractivity contribution in [3.63, 3.8) is 0 Å². The summed E-state index contributed by atoms with van der Waals surface area (Å²) >= 11 is 0. The fourth-order valence-corrected chi connectivity index (χ4v) is 2.32. The average molecular weight is 306 g/mol. The molecule has 0 unspecified atom stereocenters. The Balaban J connectivity index is 2.02. The van der Waals surface area contributed by atoms with E-state index in [0.29, 0.717) is 0 Å². The fourth-order valence-electron chi connectivity index (χ4n) is 2.32. The van der Waals surface area contributed by atoms with Crippen molar-refractivity contribution >= 4 is 5.82 Å². The van der Waals surface area contributed by atoms with E-state index >= 15 is 0 Å². The summed E-state index contributed by atoms with van der Waals surface area (Å²) in [6.07, 6.45) is 0.936. The van der Waals surface area contributed by atoms with Gasteiger partial charge in [-0.1, -0.05) is 60.7 Å². The van der Waals surface area contributed by atoms with Crippen LogP contribution in [0.15, 0.2) is 79.0 Å². The van der Waals surface area contributed by atoms with Crippen molar-refractivity contribution in [2.24, 2.45) is 0 Å². The highest BCUT2D eigenvalue weighted by Gasteiger charge is 2.22. The summed E-state index contributed by atoms with van der Waals surface area (Å²) < 4.78 is 5.97. The smallest absolute Gasteiger partial charge is 0.406 e. The molecule has 1 heterocycles. The maximum Gasteiger partial charge on any atom is 0.406 e. The summed E-state index contributed by atoms with van der Waals surface area (Å²) in [5, 5.41) is 11.1. The molecule has 23 heavy (non-hydrogen) atoms. The van der Waals surface area contributed by atoms with Gasteiger partial charge in [-0.05, 0) is 33.2 Å². The Morgan fingerprint density at radius 3 is 1.96 bits per heavy atom. The van der Waals surface area contributed by atoms with Gasteiger partial charge in [0.25, 0.3) is 0 Å². The SMILES string of the molecule is O=[N+]([O-])c1ncccc1OC(c1ccccc1)c1ccccc1. The Morgan fingerprint density at radius 1 is 0.870 bits per heavy atom. The molecule has 0 amide bonds. The Hall–Kier alpha value is -3.21. The van der Waals surface area contributed by atoms with Gasteiger partial charge in [-0.2, -0.15) is 0 Å². The minimum absolute atomic E-state index is 0.148. The summed E-state index contributed by atoms with van der Waals surface area (Å²) in [5.74, 6) is -0.139. The van der Waals surface area contributed by atoms with Crippen LogP contribution in [0, 0.1) is 10.1 Å². The van der Waals surface area contributed by atoms with E-state index in [9.17, 15) is 10.1 Å². The van der Waals surface area contributed by atoms with Crippen LogP contribution in [0.5, 0.6) is 5.75 Å². The van der Waals surface area contributed by atoms with E-state index in [2.05, 4.69) is 4.98 Å². The first-order valence-electron chi connectivity index (χ1n) is 7.11. The van der Waals surface area contributed by atoms with E-state index < -0.39 is 11.0 Å². The molecule has 0 N–H and O–H groups in total. The Kier molecular flexibility index (Phi) is 4.29. The second-order valence-electron chi connectivity index (χ2n) is 4.90. The molecule has 0 aliphatic heterocycles. The van der Waals surface area contributed by atoms with Crippen molar-refractivity contribution in [1.82, 2.24) is 4.98 Å². The van der Waals surface area contributed by atoms with Crippen molar-refractivity contribution in [3.05, 3.63) is 100 Å². The zero-order chi connectivity index (χ0) is 16.1. The van der Waals surface area contributed by atoms with Gasteiger partial charge in [0, 0.05) is 0 Å². The second-order valence-corrected chi connectivity index (χ2v) is 4.90. The molecule has 0 bridgehead atoms. The minimum atomic E-state index is -0.539. The number of benzene rings is 2. The highest BCUT2D eigenvalue weighted by Crippen LogP contribution is 2.32. The first kappa shape index (κ1) is 14.7. The highest BCUT2D eigenvalue weighted by atomic mass is 16.6. The van der Waals surface area contributed by atoms with E-state index in [1.54, 1.807) is 12.1 Å². The maximum absolute atomic E-state index is 11.1. The van der Waals surface area contributed by atoms with E-state index in [-0.39, 0.29) is 11.6 Å². The molecular weight excluding hydrogens is 292 g/mol. The summed E-state index contributed by atoms with van der Waals surface area (Å²) in [7, 11) is 0.